The molecule has 9 nitrogen and oxygen atoms in total. The standard InChI is InChI=1S/C27H22N4O5/c1-35-26(33)16-11-12-17(27(34)36-2)21(15-16)28-23(32)13-14-31-22-10-6-3-7-18(22)24-25(31)30-20-9-5-4-8-19(20)29-24/h3-12,15H,13-14H2,1-2H3,(H,28,32). The zero-order chi connectivity index (χ0) is 25.2. The first-order valence-corrected chi connectivity index (χ1v) is 11.2. The van der Waals surface area contributed by atoms with Gasteiger partial charge in [-0.25, -0.2) is 19.6 Å². The molecule has 0 aliphatic carbocycles. The maximum absolute atomic E-state index is 13.0. The summed E-state index contributed by atoms with van der Waals surface area (Å²) in [7, 11) is 2.50. The number of methoxy groups -OCH3 is 2. The van der Waals surface area contributed by atoms with Gasteiger partial charge in [0.05, 0.1) is 47.6 Å². The van der Waals surface area contributed by atoms with Crippen LogP contribution in [0.2, 0.25) is 0 Å². The molecule has 5 rings (SSSR count). The molecule has 5 aromatic rings. The van der Waals surface area contributed by atoms with E-state index in [1.54, 1.807) is 0 Å². The van der Waals surface area contributed by atoms with Gasteiger partial charge in [0.15, 0.2) is 5.65 Å². The summed E-state index contributed by atoms with van der Waals surface area (Å²) in [4.78, 5) is 46.8. The smallest absolute Gasteiger partial charge is 0.339 e. The highest BCUT2D eigenvalue weighted by Gasteiger charge is 2.19. The number of hydrogen-bond donors (Lipinski definition) is 1. The minimum absolute atomic E-state index is 0.0886. The lowest BCUT2D eigenvalue weighted by molar-refractivity contribution is -0.116. The van der Waals surface area contributed by atoms with Crippen LogP contribution in [0.4, 0.5) is 5.69 Å². The third kappa shape index (κ3) is 4.11. The average molecular weight is 482 g/mol. The summed E-state index contributed by atoms with van der Waals surface area (Å²) in [6.07, 6.45) is 0.0886. The molecule has 0 aliphatic heterocycles. The van der Waals surface area contributed by atoms with E-state index in [1.165, 1.54) is 32.4 Å². The second kappa shape index (κ2) is 9.46. The molecule has 2 heterocycles. The van der Waals surface area contributed by atoms with Crippen molar-refractivity contribution in [2.45, 2.75) is 13.0 Å². The Balaban J connectivity index is 1.47. The van der Waals surface area contributed by atoms with E-state index in [4.69, 9.17) is 19.4 Å². The Morgan fingerprint density at radius 3 is 2.31 bits per heavy atom. The minimum Gasteiger partial charge on any atom is -0.465 e. The highest BCUT2D eigenvalue weighted by atomic mass is 16.5. The molecular formula is C27H22N4O5. The van der Waals surface area contributed by atoms with Gasteiger partial charge in [0, 0.05) is 18.4 Å². The molecule has 9 heteroatoms. The third-order valence-electron chi connectivity index (χ3n) is 5.94. The van der Waals surface area contributed by atoms with Crippen LogP contribution < -0.4 is 5.32 Å². The topological polar surface area (TPSA) is 112 Å². The first-order valence-electron chi connectivity index (χ1n) is 11.2. The number of hydrogen-bond acceptors (Lipinski definition) is 7. The number of aryl methyl sites for hydroxylation is 1. The molecule has 0 spiro atoms. The third-order valence-corrected chi connectivity index (χ3v) is 5.94. The molecule has 0 aliphatic rings. The molecule has 0 saturated carbocycles. The van der Waals surface area contributed by atoms with Gasteiger partial charge in [-0.15, -0.1) is 0 Å². The first-order chi connectivity index (χ1) is 17.5. The van der Waals surface area contributed by atoms with E-state index in [2.05, 4.69) is 5.32 Å². The molecule has 180 valence electrons. The van der Waals surface area contributed by atoms with E-state index >= 15 is 0 Å². The summed E-state index contributed by atoms with van der Waals surface area (Å²) in [5, 5.41) is 3.69. The first kappa shape index (κ1) is 23.0. The van der Waals surface area contributed by atoms with Crippen molar-refractivity contribution in [1.29, 1.82) is 0 Å². The van der Waals surface area contributed by atoms with E-state index in [0.717, 1.165) is 27.5 Å². The molecule has 0 radical (unpaired) electrons. The van der Waals surface area contributed by atoms with Crippen molar-refractivity contribution >= 4 is 56.6 Å². The number of carbonyl (C=O) groups is 3. The summed E-state index contributed by atoms with van der Waals surface area (Å²) in [6.45, 7) is 0.327. The lowest BCUT2D eigenvalue weighted by Gasteiger charge is -2.12. The Morgan fingerprint density at radius 1 is 0.861 bits per heavy atom. The maximum Gasteiger partial charge on any atom is 0.339 e. The van der Waals surface area contributed by atoms with Crippen molar-refractivity contribution in [3.05, 3.63) is 77.9 Å². The molecule has 0 bridgehead atoms. The zero-order valence-corrected chi connectivity index (χ0v) is 19.6. The van der Waals surface area contributed by atoms with Crippen LogP contribution in [0.5, 0.6) is 0 Å². The van der Waals surface area contributed by atoms with Crippen molar-refractivity contribution in [3.63, 3.8) is 0 Å². The van der Waals surface area contributed by atoms with Crippen LogP contribution in [0.1, 0.15) is 27.1 Å². The number of para-hydroxylation sites is 3. The fourth-order valence-corrected chi connectivity index (χ4v) is 4.22. The van der Waals surface area contributed by atoms with E-state index in [1.807, 2.05) is 53.1 Å². The summed E-state index contributed by atoms with van der Waals surface area (Å²) in [5.41, 5.74) is 4.43. The predicted octanol–water partition coefficient (Wildman–Crippen LogP) is 4.34. The monoisotopic (exact) mass is 482 g/mol. The molecule has 0 saturated heterocycles. The molecular weight excluding hydrogens is 460 g/mol. The lowest BCUT2D eigenvalue weighted by atomic mass is 10.1. The maximum atomic E-state index is 13.0. The second-order valence-electron chi connectivity index (χ2n) is 8.10. The number of aromatic nitrogens is 3. The summed E-state index contributed by atoms with van der Waals surface area (Å²) >= 11 is 0. The SMILES string of the molecule is COC(=O)c1ccc(C(=O)OC)c(NC(=O)CCn2c3ccccc3c3nc4ccccc4nc32)c1. The summed E-state index contributed by atoms with van der Waals surface area (Å²) in [6, 6.07) is 19.7. The number of amides is 1. The van der Waals surface area contributed by atoms with Crippen molar-refractivity contribution in [2.24, 2.45) is 0 Å². The Morgan fingerprint density at radius 2 is 1.56 bits per heavy atom. The normalized spacial score (nSPS) is 11.1. The van der Waals surface area contributed by atoms with Crippen molar-refractivity contribution in [3.8, 4) is 0 Å². The van der Waals surface area contributed by atoms with Gasteiger partial charge >= 0.3 is 11.9 Å². The minimum atomic E-state index is -0.633. The summed E-state index contributed by atoms with van der Waals surface area (Å²) in [5.74, 6) is -1.56. The van der Waals surface area contributed by atoms with Gasteiger partial charge in [0.2, 0.25) is 5.91 Å². The fourth-order valence-electron chi connectivity index (χ4n) is 4.22. The molecule has 0 atom stereocenters. The van der Waals surface area contributed by atoms with Gasteiger partial charge in [-0.1, -0.05) is 30.3 Å². The second-order valence-corrected chi connectivity index (χ2v) is 8.10. The Bertz CT molecular complexity index is 1660. The molecule has 3 aromatic carbocycles. The number of nitrogens with one attached hydrogen (secondary N) is 1. The Hall–Kier alpha value is -4.79. The van der Waals surface area contributed by atoms with E-state index in [0.29, 0.717) is 12.2 Å². The largest absolute Gasteiger partial charge is 0.465 e. The van der Waals surface area contributed by atoms with Crippen LogP contribution >= 0.6 is 0 Å². The molecule has 0 unspecified atom stereocenters. The van der Waals surface area contributed by atoms with E-state index < -0.39 is 11.9 Å². The predicted molar refractivity (Wildman–Crippen MR) is 135 cm³/mol. The van der Waals surface area contributed by atoms with Crippen molar-refractivity contribution in [2.75, 3.05) is 19.5 Å². The van der Waals surface area contributed by atoms with Gasteiger partial charge in [0.25, 0.3) is 0 Å². The van der Waals surface area contributed by atoms with Crippen LogP contribution in [0.15, 0.2) is 66.7 Å². The van der Waals surface area contributed by atoms with Gasteiger partial charge in [-0.2, -0.15) is 0 Å². The lowest BCUT2D eigenvalue weighted by Crippen LogP contribution is -2.18. The van der Waals surface area contributed by atoms with Crippen LogP contribution in [-0.2, 0) is 20.8 Å². The zero-order valence-electron chi connectivity index (χ0n) is 19.6. The number of carbonyl (C=O) groups excluding carboxylic acids is 3. The molecule has 1 N–H and O–H groups in total. The highest BCUT2D eigenvalue weighted by molar-refractivity contribution is 6.07. The van der Waals surface area contributed by atoms with Gasteiger partial charge < -0.3 is 19.4 Å². The van der Waals surface area contributed by atoms with Crippen LogP contribution in [0, 0.1) is 0 Å². The van der Waals surface area contributed by atoms with Gasteiger partial charge in [-0.05, 0) is 36.4 Å². The molecule has 36 heavy (non-hydrogen) atoms. The van der Waals surface area contributed by atoms with Gasteiger partial charge in [-0.3, -0.25) is 4.79 Å². The average Bonchev–Trinajstić information content (AvgIpc) is 3.22. The number of anilines is 1. The van der Waals surface area contributed by atoms with E-state index in [-0.39, 0.29) is 29.1 Å². The van der Waals surface area contributed by atoms with Crippen molar-refractivity contribution < 1.29 is 23.9 Å². The van der Waals surface area contributed by atoms with Crippen LogP contribution in [0.25, 0.3) is 33.1 Å². The number of nitrogens with zero attached hydrogens (tertiary/aromatic N) is 3. The van der Waals surface area contributed by atoms with E-state index in [9.17, 15) is 14.4 Å². The van der Waals surface area contributed by atoms with Gasteiger partial charge in [0.1, 0.15) is 5.52 Å². The number of benzene rings is 3. The fraction of sp³-hybridized carbons (Fsp3) is 0.148. The molecule has 0 fully saturated rings. The number of fused-ring (bicyclic) bond motifs is 4. The van der Waals surface area contributed by atoms with Crippen LogP contribution in [0.3, 0.4) is 0 Å². The highest BCUT2D eigenvalue weighted by Crippen LogP contribution is 2.28. The number of ether oxygens (including phenoxy) is 2. The number of esters is 2. The quantitative estimate of drug-likeness (QED) is 0.358. The number of rotatable bonds is 6. The Kier molecular flexibility index (Phi) is 6.03. The molecule has 2 aromatic heterocycles. The van der Waals surface area contributed by atoms with Crippen molar-refractivity contribution in [1.82, 2.24) is 14.5 Å². The van der Waals surface area contributed by atoms with Crippen LogP contribution in [-0.4, -0.2) is 46.6 Å². The molecule has 1 amide bonds. The summed E-state index contributed by atoms with van der Waals surface area (Å²) < 4.78 is 11.5. The Labute approximate surface area is 205 Å².